The second-order valence-corrected chi connectivity index (χ2v) is 5.29. The van der Waals surface area contributed by atoms with Crippen molar-refractivity contribution < 1.29 is 14.0 Å². The summed E-state index contributed by atoms with van der Waals surface area (Å²) in [5.41, 5.74) is 2.89. The fourth-order valence-electron chi connectivity index (χ4n) is 2.23. The van der Waals surface area contributed by atoms with Crippen LogP contribution in [-0.4, -0.2) is 16.8 Å². The standard InChI is InChI=1S/C17H15N3O4/c1-10(21)18-9-11-2-4-12(5-3-11)16(22)19-13-6-7-15-14(8-13)20-17(23)24-15/h2-8H,9H2,1H3,(H,18,21)(H,19,22)(H,20,23). The van der Waals surface area contributed by atoms with Gasteiger partial charge in [-0.2, -0.15) is 0 Å². The summed E-state index contributed by atoms with van der Waals surface area (Å²) in [6.07, 6.45) is 0. The summed E-state index contributed by atoms with van der Waals surface area (Å²) in [5.74, 6) is -0.918. The molecule has 0 aliphatic heterocycles. The van der Waals surface area contributed by atoms with Crippen LogP contribution in [0.3, 0.4) is 0 Å². The summed E-state index contributed by atoms with van der Waals surface area (Å²) in [5, 5.41) is 5.45. The summed E-state index contributed by atoms with van der Waals surface area (Å²) in [6, 6.07) is 11.8. The number of aromatic nitrogens is 1. The zero-order valence-electron chi connectivity index (χ0n) is 12.9. The van der Waals surface area contributed by atoms with Crippen LogP contribution in [0.15, 0.2) is 51.7 Å². The van der Waals surface area contributed by atoms with Crippen LogP contribution in [0.2, 0.25) is 0 Å². The van der Waals surface area contributed by atoms with Crippen molar-refractivity contribution in [1.29, 1.82) is 0 Å². The number of carbonyl (C=O) groups excluding carboxylic acids is 2. The topological polar surface area (TPSA) is 104 Å². The van der Waals surface area contributed by atoms with E-state index in [1.54, 1.807) is 42.5 Å². The minimum atomic E-state index is -0.539. The van der Waals surface area contributed by atoms with Crippen LogP contribution >= 0.6 is 0 Å². The van der Waals surface area contributed by atoms with Gasteiger partial charge in [-0.25, -0.2) is 4.79 Å². The smallest absolute Gasteiger partial charge is 0.408 e. The number of aromatic amines is 1. The Bertz CT molecular complexity index is 954. The van der Waals surface area contributed by atoms with E-state index < -0.39 is 5.76 Å². The van der Waals surface area contributed by atoms with Gasteiger partial charge in [-0.1, -0.05) is 12.1 Å². The lowest BCUT2D eigenvalue weighted by Gasteiger charge is -2.07. The number of benzene rings is 2. The van der Waals surface area contributed by atoms with E-state index in [9.17, 15) is 14.4 Å². The number of nitrogens with one attached hydrogen (secondary N) is 3. The molecule has 0 atom stereocenters. The van der Waals surface area contributed by atoms with Crippen LogP contribution in [0.1, 0.15) is 22.8 Å². The highest BCUT2D eigenvalue weighted by molar-refractivity contribution is 6.04. The normalized spacial score (nSPS) is 10.5. The summed E-state index contributed by atoms with van der Waals surface area (Å²) >= 11 is 0. The van der Waals surface area contributed by atoms with Crippen molar-refractivity contribution in [3.63, 3.8) is 0 Å². The van der Waals surface area contributed by atoms with Crippen molar-refractivity contribution in [2.75, 3.05) is 5.32 Å². The number of H-pyrrole nitrogens is 1. The first-order valence-electron chi connectivity index (χ1n) is 7.29. The molecule has 3 rings (SSSR count). The third kappa shape index (κ3) is 3.52. The average Bonchev–Trinajstić information content (AvgIpc) is 2.92. The lowest BCUT2D eigenvalue weighted by molar-refractivity contribution is -0.119. The van der Waals surface area contributed by atoms with Crippen molar-refractivity contribution in [1.82, 2.24) is 10.3 Å². The fourth-order valence-corrected chi connectivity index (χ4v) is 2.23. The van der Waals surface area contributed by atoms with Crippen LogP contribution in [0.5, 0.6) is 0 Å². The molecule has 0 unspecified atom stereocenters. The molecule has 0 spiro atoms. The molecule has 0 bridgehead atoms. The predicted octanol–water partition coefficient (Wildman–Crippen LogP) is 2.01. The molecular weight excluding hydrogens is 310 g/mol. The molecule has 3 aromatic rings. The second-order valence-electron chi connectivity index (χ2n) is 5.29. The number of anilines is 1. The van der Waals surface area contributed by atoms with Gasteiger partial charge in [-0.15, -0.1) is 0 Å². The Kier molecular flexibility index (Phi) is 4.15. The Morgan fingerprint density at radius 1 is 1.12 bits per heavy atom. The molecule has 0 radical (unpaired) electrons. The van der Waals surface area contributed by atoms with Crippen molar-refractivity contribution in [3.05, 3.63) is 64.1 Å². The maximum atomic E-state index is 12.3. The number of hydrogen-bond acceptors (Lipinski definition) is 4. The minimum Gasteiger partial charge on any atom is -0.408 e. The van der Waals surface area contributed by atoms with Crippen LogP contribution in [0.25, 0.3) is 11.1 Å². The van der Waals surface area contributed by atoms with Crippen molar-refractivity contribution in [3.8, 4) is 0 Å². The molecule has 2 amide bonds. The summed E-state index contributed by atoms with van der Waals surface area (Å²) in [6.45, 7) is 1.87. The zero-order chi connectivity index (χ0) is 17.1. The van der Waals surface area contributed by atoms with Crippen molar-refractivity contribution in [2.24, 2.45) is 0 Å². The number of rotatable bonds is 4. The highest BCUT2D eigenvalue weighted by atomic mass is 16.4. The molecule has 7 nitrogen and oxygen atoms in total. The molecule has 0 fully saturated rings. The first-order chi connectivity index (χ1) is 11.5. The Balaban J connectivity index is 1.71. The van der Waals surface area contributed by atoms with Gasteiger partial charge >= 0.3 is 5.76 Å². The Hall–Kier alpha value is -3.35. The van der Waals surface area contributed by atoms with Gasteiger partial charge in [0, 0.05) is 24.7 Å². The van der Waals surface area contributed by atoms with Crippen molar-refractivity contribution >= 4 is 28.6 Å². The molecule has 7 heteroatoms. The number of fused-ring (bicyclic) bond motifs is 1. The highest BCUT2D eigenvalue weighted by Gasteiger charge is 2.08. The maximum absolute atomic E-state index is 12.3. The van der Waals surface area contributed by atoms with Gasteiger partial charge in [0.25, 0.3) is 5.91 Å². The molecule has 0 saturated carbocycles. The molecule has 122 valence electrons. The quantitative estimate of drug-likeness (QED) is 0.682. The monoisotopic (exact) mass is 325 g/mol. The first kappa shape index (κ1) is 15.5. The first-order valence-corrected chi connectivity index (χ1v) is 7.29. The van der Waals surface area contributed by atoms with Crippen LogP contribution in [-0.2, 0) is 11.3 Å². The van der Waals surface area contributed by atoms with Gasteiger partial charge in [-0.05, 0) is 35.9 Å². The molecule has 24 heavy (non-hydrogen) atoms. The summed E-state index contributed by atoms with van der Waals surface area (Å²) < 4.78 is 4.91. The van der Waals surface area contributed by atoms with E-state index in [0.717, 1.165) is 5.56 Å². The maximum Gasteiger partial charge on any atom is 0.417 e. The van der Waals surface area contributed by atoms with E-state index in [1.165, 1.54) is 6.92 Å². The van der Waals surface area contributed by atoms with E-state index in [2.05, 4.69) is 15.6 Å². The largest absolute Gasteiger partial charge is 0.417 e. The number of oxazole rings is 1. The van der Waals surface area contributed by atoms with E-state index >= 15 is 0 Å². The SMILES string of the molecule is CC(=O)NCc1ccc(C(=O)Nc2ccc3oc(=O)[nH]c3c2)cc1. The molecule has 1 heterocycles. The van der Waals surface area contributed by atoms with E-state index in [1.807, 2.05) is 0 Å². The van der Waals surface area contributed by atoms with Crippen LogP contribution in [0.4, 0.5) is 5.69 Å². The van der Waals surface area contributed by atoms with Gasteiger partial charge in [0.15, 0.2) is 5.58 Å². The minimum absolute atomic E-state index is 0.107. The van der Waals surface area contributed by atoms with E-state index in [0.29, 0.717) is 28.9 Å². The van der Waals surface area contributed by atoms with Crippen LogP contribution < -0.4 is 16.4 Å². The molecule has 0 aliphatic rings. The average molecular weight is 325 g/mol. The molecule has 1 aromatic heterocycles. The fraction of sp³-hybridized carbons (Fsp3) is 0.118. The third-order valence-corrected chi connectivity index (χ3v) is 3.43. The summed E-state index contributed by atoms with van der Waals surface area (Å²) in [4.78, 5) is 36.8. The van der Waals surface area contributed by atoms with E-state index in [4.69, 9.17) is 4.42 Å². The highest BCUT2D eigenvalue weighted by Crippen LogP contribution is 2.17. The zero-order valence-corrected chi connectivity index (χ0v) is 12.9. The van der Waals surface area contributed by atoms with Gasteiger partial charge in [0.2, 0.25) is 5.91 Å². The van der Waals surface area contributed by atoms with E-state index in [-0.39, 0.29) is 11.8 Å². The number of hydrogen-bond donors (Lipinski definition) is 3. The van der Waals surface area contributed by atoms with Gasteiger partial charge in [-0.3, -0.25) is 14.6 Å². The van der Waals surface area contributed by atoms with Gasteiger partial charge < -0.3 is 15.1 Å². The predicted molar refractivity (Wildman–Crippen MR) is 88.8 cm³/mol. The second kappa shape index (κ2) is 6.41. The molecule has 0 saturated heterocycles. The Morgan fingerprint density at radius 3 is 2.58 bits per heavy atom. The number of carbonyl (C=O) groups is 2. The Morgan fingerprint density at radius 2 is 1.88 bits per heavy atom. The van der Waals surface area contributed by atoms with Crippen LogP contribution in [0, 0.1) is 0 Å². The van der Waals surface area contributed by atoms with Gasteiger partial charge in [0.05, 0.1) is 5.52 Å². The Labute approximate surface area is 136 Å². The summed E-state index contributed by atoms with van der Waals surface area (Å²) in [7, 11) is 0. The third-order valence-electron chi connectivity index (χ3n) is 3.43. The van der Waals surface area contributed by atoms with Gasteiger partial charge in [0.1, 0.15) is 0 Å². The molecule has 0 aliphatic carbocycles. The van der Waals surface area contributed by atoms with Crippen molar-refractivity contribution in [2.45, 2.75) is 13.5 Å². The molecule has 2 aromatic carbocycles. The molecular formula is C17H15N3O4. The lowest BCUT2D eigenvalue weighted by atomic mass is 10.1. The lowest BCUT2D eigenvalue weighted by Crippen LogP contribution is -2.19. The number of amides is 2. The molecule has 3 N–H and O–H groups in total.